The van der Waals surface area contributed by atoms with Gasteiger partial charge in [-0.3, -0.25) is 4.79 Å². The van der Waals surface area contributed by atoms with Crippen molar-refractivity contribution >= 4 is 40.8 Å². The predicted molar refractivity (Wildman–Crippen MR) is 85.0 cm³/mol. The van der Waals surface area contributed by atoms with Gasteiger partial charge in [-0.2, -0.15) is 0 Å². The van der Waals surface area contributed by atoms with Gasteiger partial charge in [-0.05, 0) is 42.7 Å². The molecule has 0 spiro atoms. The summed E-state index contributed by atoms with van der Waals surface area (Å²) in [4.78, 5) is 17.3. The normalized spacial score (nSPS) is 10.2. The van der Waals surface area contributed by atoms with E-state index in [-0.39, 0.29) is 11.1 Å². The van der Waals surface area contributed by atoms with Gasteiger partial charge in [0, 0.05) is 23.2 Å². The van der Waals surface area contributed by atoms with Crippen LogP contribution in [0.4, 0.5) is 11.5 Å². The van der Waals surface area contributed by atoms with Crippen LogP contribution in [0.15, 0.2) is 41.3 Å². The first-order valence-corrected chi connectivity index (χ1v) is 7.53. The summed E-state index contributed by atoms with van der Waals surface area (Å²) in [6.45, 7) is 0. The zero-order valence-electron chi connectivity index (χ0n) is 11.1. The topological polar surface area (TPSA) is 54.0 Å². The van der Waals surface area contributed by atoms with Gasteiger partial charge in [0.1, 0.15) is 11.0 Å². The summed E-state index contributed by atoms with van der Waals surface area (Å²) in [5.74, 6) is 0.336. The molecule has 20 heavy (non-hydrogen) atoms. The number of rotatable bonds is 4. The van der Waals surface area contributed by atoms with Crippen molar-refractivity contribution in [2.24, 2.45) is 0 Å². The Morgan fingerprint density at radius 2 is 1.95 bits per heavy atom. The lowest BCUT2D eigenvalue weighted by Gasteiger charge is -2.08. The fourth-order valence-corrected chi connectivity index (χ4v) is 2.25. The molecule has 1 aromatic carbocycles. The molecule has 2 rings (SSSR count). The van der Waals surface area contributed by atoms with Crippen LogP contribution in [0.25, 0.3) is 0 Å². The predicted octanol–water partition coefficient (Wildman–Crippen LogP) is 3.75. The van der Waals surface area contributed by atoms with E-state index in [9.17, 15) is 4.79 Å². The third-order valence-corrected chi connectivity index (χ3v) is 3.60. The van der Waals surface area contributed by atoms with Crippen molar-refractivity contribution in [2.75, 3.05) is 23.9 Å². The summed E-state index contributed by atoms with van der Waals surface area (Å²) >= 11 is 7.53. The van der Waals surface area contributed by atoms with E-state index in [0.29, 0.717) is 11.4 Å². The number of halogens is 1. The van der Waals surface area contributed by atoms with Crippen LogP contribution >= 0.6 is 23.4 Å². The minimum atomic E-state index is -0.220. The molecule has 6 heteroatoms. The van der Waals surface area contributed by atoms with Crippen molar-refractivity contribution in [3.05, 3.63) is 47.1 Å². The molecular weight excluding hydrogens is 294 g/mol. The lowest BCUT2D eigenvalue weighted by Crippen LogP contribution is -2.12. The quantitative estimate of drug-likeness (QED) is 0.667. The molecule has 1 amide bonds. The first-order chi connectivity index (χ1) is 9.62. The second kappa shape index (κ2) is 6.63. The molecule has 0 saturated carbocycles. The smallest absolute Gasteiger partial charge is 0.255 e. The van der Waals surface area contributed by atoms with Crippen LogP contribution in [0.5, 0.6) is 0 Å². The van der Waals surface area contributed by atoms with E-state index >= 15 is 0 Å². The lowest BCUT2D eigenvalue weighted by atomic mass is 10.2. The molecule has 1 aromatic heterocycles. The van der Waals surface area contributed by atoms with E-state index in [4.69, 9.17) is 11.6 Å². The van der Waals surface area contributed by atoms with Crippen molar-refractivity contribution in [3.63, 3.8) is 0 Å². The van der Waals surface area contributed by atoms with E-state index < -0.39 is 0 Å². The molecule has 0 aliphatic rings. The number of hydrogen-bond donors (Lipinski definition) is 2. The van der Waals surface area contributed by atoms with Crippen LogP contribution in [0.3, 0.4) is 0 Å². The molecule has 0 saturated heterocycles. The number of carbonyl (C=O) groups excluding carboxylic acids is 1. The zero-order chi connectivity index (χ0) is 14.5. The molecule has 0 aliphatic carbocycles. The van der Waals surface area contributed by atoms with E-state index in [1.807, 2.05) is 30.5 Å². The Morgan fingerprint density at radius 1 is 1.25 bits per heavy atom. The highest BCUT2D eigenvalue weighted by molar-refractivity contribution is 7.98. The molecule has 0 unspecified atom stereocenters. The molecule has 0 radical (unpaired) electrons. The van der Waals surface area contributed by atoms with Crippen LogP contribution in [0.2, 0.25) is 5.15 Å². The summed E-state index contributed by atoms with van der Waals surface area (Å²) in [6, 6.07) is 10.8. The van der Waals surface area contributed by atoms with Crippen molar-refractivity contribution in [1.29, 1.82) is 0 Å². The molecule has 0 atom stereocenters. The number of nitrogens with zero attached hydrogens (tertiary/aromatic N) is 1. The average molecular weight is 308 g/mol. The van der Waals surface area contributed by atoms with Gasteiger partial charge in [0.05, 0.1) is 0 Å². The highest BCUT2D eigenvalue weighted by atomic mass is 35.5. The maximum Gasteiger partial charge on any atom is 0.255 e. The number of thioether (sulfide) groups is 1. The monoisotopic (exact) mass is 307 g/mol. The Labute approximate surface area is 126 Å². The summed E-state index contributed by atoms with van der Waals surface area (Å²) in [7, 11) is 1.72. The lowest BCUT2D eigenvalue weighted by molar-refractivity contribution is 0.102. The van der Waals surface area contributed by atoms with Gasteiger partial charge in [0.15, 0.2) is 0 Å². The minimum absolute atomic E-state index is 0.220. The Bertz CT molecular complexity index is 616. The second-order valence-corrected chi connectivity index (χ2v) is 5.26. The third kappa shape index (κ3) is 3.65. The van der Waals surface area contributed by atoms with Crippen LogP contribution in [-0.2, 0) is 0 Å². The number of aromatic nitrogens is 1. The zero-order valence-corrected chi connectivity index (χ0v) is 12.7. The molecule has 0 fully saturated rings. The number of benzene rings is 1. The highest BCUT2D eigenvalue weighted by Gasteiger charge is 2.09. The van der Waals surface area contributed by atoms with Crippen LogP contribution in [0.1, 0.15) is 10.4 Å². The van der Waals surface area contributed by atoms with E-state index in [1.54, 1.807) is 24.9 Å². The molecule has 104 valence electrons. The van der Waals surface area contributed by atoms with Crippen molar-refractivity contribution < 1.29 is 4.79 Å². The molecule has 1 heterocycles. The standard InChI is InChI=1S/C14H14ClN3OS/c1-16-13-8-9(7-12(15)18-13)14(19)17-10-3-5-11(20-2)6-4-10/h3-8H,1-2H3,(H,16,18)(H,17,19). The fourth-order valence-electron chi connectivity index (χ4n) is 1.63. The van der Waals surface area contributed by atoms with Gasteiger partial charge in [-0.1, -0.05) is 11.6 Å². The molecule has 0 bridgehead atoms. The van der Waals surface area contributed by atoms with Crippen molar-refractivity contribution in [1.82, 2.24) is 4.98 Å². The first-order valence-electron chi connectivity index (χ1n) is 5.93. The van der Waals surface area contributed by atoms with Gasteiger partial charge in [0.2, 0.25) is 0 Å². The van der Waals surface area contributed by atoms with Gasteiger partial charge in [0.25, 0.3) is 5.91 Å². The third-order valence-electron chi connectivity index (χ3n) is 2.66. The van der Waals surface area contributed by atoms with Gasteiger partial charge in [-0.25, -0.2) is 4.98 Å². The number of pyridine rings is 1. The second-order valence-electron chi connectivity index (χ2n) is 4.00. The maximum absolute atomic E-state index is 12.2. The number of hydrogen-bond acceptors (Lipinski definition) is 4. The SMILES string of the molecule is CNc1cc(C(=O)Nc2ccc(SC)cc2)cc(Cl)n1. The molecule has 2 N–H and O–H groups in total. The van der Waals surface area contributed by atoms with E-state index in [1.165, 1.54) is 6.07 Å². The first kappa shape index (κ1) is 14.7. The Morgan fingerprint density at radius 3 is 2.55 bits per heavy atom. The minimum Gasteiger partial charge on any atom is -0.373 e. The molecular formula is C14H14ClN3OS. The largest absolute Gasteiger partial charge is 0.373 e. The van der Waals surface area contributed by atoms with Gasteiger partial charge < -0.3 is 10.6 Å². The van der Waals surface area contributed by atoms with Gasteiger partial charge in [-0.15, -0.1) is 11.8 Å². The number of nitrogens with one attached hydrogen (secondary N) is 2. The van der Waals surface area contributed by atoms with Crippen LogP contribution in [0, 0.1) is 0 Å². The summed E-state index contributed by atoms with van der Waals surface area (Å²) in [5.41, 5.74) is 1.20. The summed E-state index contributed by atoms with van der Waals surface area (Å²) < 4.78 is 0. The molecule has 0 aliphatic heterocycles. The maximum atomic E-state index is 12.2. The summed E-state index contributed by atoms with van der Waals surface area (Å²) in [5, 5.41) is 5.97. The number of carbonyl (C=O) groups is 1. The Balaban J connectivity index is 2.16. The van der Waals surface area contributed by atoms with E-state index in [0.717, 1.165) is 10.6 Å². The number of amides is 1. The average Bonchev–Trinajstić information content (AvgIpc) is 2.47. The highest BCUT2D eigenvalue weighted by Crippen LogP contribution is 2.19. The van der Waals surface area contributed by atoms with Crippen LogP contribution in [-0.4, -0.2) is 24.2 Å². The van der Waals surface area contributed by atoms with Crippen LogP contribution < -0.4 is 10.6 Å². The van der Waals surface area contributed by atoms with Gasteiger partial charge >= 0.3 is 0 Å². The Kier molecular flexibility index (Phi) is 4.87. The number of anilines is 2. The Hall–Kier alpha value is -1.72. The van der Waals surface area contributed by atoms with E-state index in [2.05, 4.69) is 15.6 Å². The summed E-state index contributed by atoms with van der Waals surface area (Å²) in [6.07, 6.45) is 2.01. The molecule has 2 aromatic rings. The van der Waals surface area contributed by atoms with Crippen molar-refractivity contribution in [2.45, 2.75) is 4.90 Å². The van der Waals surface area contributed by atoms with Crippen molar-refractivity contribution in [3.8, 4) is 0 Å². The molecule has 4 nitrogen and oxygen atoms in total. The fraction of sp³-hybridized carbons (Fsp3) is 0.143.